The first-order valence-electron chi connectivity index (χ1n) is 8.35. The minimum Gasteiger partial charge on any atom is -0.496 e. The van der Waals surface area contributed by atoms with E-state index in [1.54, 1.807) is 13.3 Å². The van der Waals surface area contributed by atoms with Crippen molar-refractivity contribution in [1.29, 1.82) is 0 Å². The summed E-state index contributed by atoms with van der Waals surface area (Å²) in [5, 5.41) is 3.38. The number of carbonyl (C=O) groups is 1. The van der Waals surface area contributed by atoms with E-state index >= 15 is 0 Å². The molecule has 1 aliphatic heterocycles. The zero-order valence-electron chi connectivity index (χ0n) is 14.1. The van der Waals surface area contributed by atoms with Gasteiger partial charge in [-0.3, -0.25) is 4.79 Å². The number of aromatic nitrogens is 2. The lowest BCUT2D eigenvalue weighted by Crippen LogP contribution is -2.48. The highest BCUT2D eigenvalue weighted by molar-refractivity contribution is 5.94. The second-order valence-corrected chi connectivity index (χ2v) is 6.07. The number of carbonyl (C=O) groups excluding carboxylic acids is 1. The van der Waals surface area contributed by atoms with Crippen LogP contribution in [0.25, 0.3) is 5.65 Å². The number of para-hydroxylation sites is 1. The van der Waals surface area contributed by atoms with Crippen LogP contribution in [-0.2, 0) is 0 Å². The molecule has 3 aromatic rings. The fraction of sp³-hybridized carbons (Fsp3) is 0.263. The number of ether oxygens (including phenoxy) is 1. The fourth-order valence-electron chi connectivity index (χ4n) is 3.38. The molecule has 6 heteroatoms. The van der Waals surface area contributed by atoms with E-state index in [1.807, 2.05) is 58.1 Å². The van der Waals surface area contributed by atoms with Crippen LogP contribution in [0.4, 0.5) is 0 Å². The molecule has 0 bridgehead atoms. The smallest absolute Gasteiger partial charge is 0.255 e. The molecular weight excluding hydrogens is 316 g/mol. The highest BCUT2D eigenvalue weighted by atomic mass is 16.5. The lowest BCUT2D eigenvalue weighted by Gasteiger charge is -2.37. The highest BCUT2D eigenvalue weighted by Crippen LogP contribution is 2.31. The Morgan fingerprint density at radius 2 is 2.16 bits per heavy atom. The van der Waals surface area contributed by atoms with E-state index in [4.69, 9.17) is 4.74 Å². The molecule has 0 aliphatic carbocycles. The molecule has 1 amide bonds. The van der Waals surface area contributed by atoms with Crippen molar-refractivity contribution in [1.82, 2.24) is 19.6 Å². The third-order valence-electron chi connectivity index (χ3n) is 4.64. The summed E-state index contributed by atoms with van der Waals surface area (Å²) >= 11 is 0. The van der Waals surface area contributed by atoms with Gasteiger partial charge in [-0.1, -0.05) is 18.2 Å². The van der Waals surface area contributed by atoms with Gasteiger partial charge in [0.05, 0.1) is 18.7 Å². The van der Waals surface area contributed by atoms with Crippen LogP contribution >= 0.6 is 0 Å². The average Bonchev–Trinajstić information content (AvgIpc) is 3.15. The molecule has 1 fully saturated rings. The lowest BCUT2D eigenvalue weighted by atomic mass is 10.0. The first kappa shape index (κ1) is 15.7. The molecule has 1 saturated heterocycles. The average molecular weight is 336 g/mol. The van der Waals surface area contributed by atoms with Gasteiger partial charge in [-0.2, -0.15) is 0 Å². The van der Waals surface area contributed by atoms with E-state index in [-0.39, 0.29) is 11.9 Å². The van der Waals surface area contributed by atoms with Gasteiger partial charge in [0.2, 0.25) is 0 Å². The molecule has 0 saturated carbocycles. The van der Waals surface area contributed by atoms with Gasteiger partial charge in [-0.25, -0.2) is 4.98 Å². The Hall–Kier alpha value is -2.86. The van der Waals surface area contributed by atoms with E-state index in [0.717, 1.165) is 23.5 Å². The molecule has 0 spiro atoms. The topological polar surface area (TPSA) is 58.9 Å². The van der Waals surface area contributed by atoms with E-state index in [9.17, 15) is 4.79 Å². The summed E-state index contributed by atoms with van der Waals surface area (Å²) in [5.74, 6) is 0.826. The molecule has 2 aromatic heterocycles. The predicted molar refractivity (Wildman–Crippen MR) is 94.8 cm³/mol. The number of nitrogens with zero attached hydrogens (tertiary/aromatic N) is 3. The van der Waals surface area contributed by atoms with Crippen LogP contribution in [0.2, 0.25) is 0 Å². The van der Waals surface area contributed by atoms with Gasteiger partial charge in [0.1, 0.15) is 11.4 Å². The summed E-state index contributed by atoms with van der Waals surface area (Å²) in [6.45, 7) is 2.15. The van der Waals surface area contributed by atoms with Crippen molar-refractivity contribution in [3.05, 3.63) is 66.1 Å². The number of imidazole rings is 1. The molecule has 1 atom stereocenters. The number of rotatable bonds is 3. The third-order valence-corrected chi connectivity index (χ3v) is 4.64. The maximum atomic E-state index is 13.2. The number of amides is 1. The summed E-state index contributed by atoms with van der Waals surface area (Å²) in [7, 11) is 1.66. The second kappa shape index (κ2) is 6.57. The standard InChI is InChI=1S/C19H20N4O2/c1-25-17-5-3-2-4-15(17)16-12-20-8-11-23(16)19(24)14-6-7-18-21-9-10-22(18)13-14/h2-7,9-10,13,16,20H,8,11-12H2,1H3. The Bertz CT molecular complexity index is 905. The Balaban J connectivity index is 1.69. The van der Waals surface area contributed by atoms with Crippen LogP contribution < -0.4 is 10.1 Å². The van der Waals surface area contributed by atoms with E-state index < -0.39 is 0 Å². The van der Waals surface area contributed by atoms with Crippen LogP contribution in [-0.4, -0.2) is 46.9 Å². The van der Waals surface area contributed by atoms with Gasteiger partial charge in [-0.15, -0.1) is 0 Å². The number of fused-ring (bicyclic) bond motifs is 1. The third kappa shape index (κ3) is 2.85. The normalized spacial score (nSPS) is 17.6. The van der Waals surface area contributed by atoms with E-state index in [0.29, 0.717) is 18.7 Å². The minimum atomic E-state index is -0.0594. The summed E-state index contributed by atoms with van der Waals surface area (Å²) in [6, 6.07) is 11.5. The SMILES string of the molecule is COc1ccccc1C1CNCCN1C(=O)c1ccc2nccn2c1. The molecule has 6 nitrogen and oxygen atoms in total. The first-order chi connectivity index (χ1) is 12.3. The van der Waals surface area contributed by atoms with Crippen molar-refractivity contribution in [2.45, 2.75) is 6.04 Å². The number of benzene rings is 1. The highest BCUT2D eigenvalue weighted by Gasteiger charge is 2.30. The van der Waals surface area contributed by atoms with Crippen molar-refractivity contribution in [2.75, 3.05) is 26.7 Å². The quantitative estimate of drug-likeness (QED) is 0.796. The molecule has 25 heavy (non-hydrogen) atoms. The van der Waals surface area contributed by atoms with Gasteiger partial charge in [0, 0.05) is 43.8 Å². The molecule has 1 aliphatic rings. The van der Waals surface area contributed by atoms with Gasteiger partial charge in [0.15, 0.2) is 0 Å². The lowest BCUT2D eigenvalue weighted by molar-refractivity contribution is 0.0631. The zero-order chi connectivity index (χ0) is 17.2. The van der Waals surface area contributed by atoms with Gasteiger partial charge < -0.3 is 19.4 Å². The summed E-state index contributed by atoms with van der Waals surface area (Å²) < 4.78 is 7.37. The fourth-order valence-corrected chi connectivity index (χ4v) is 3.38. The Morgan fingerprint density at radius 3 is 3.04 bits per heavy atom. The zero-order valence-corrected chi connectivity index (χ0v) is 14.1. The molecule has 4 rings (SSSR count). The molecule has 3 heterocycles. The number of piperazine rings is 1. The van der Waals surface area contributed by atoms with Crippen molar-refractivity contribution < 1.29 is 9.53 Å². The summed E-state index contributed by atoms with van der Waals surface area (Å²) in [4.78, 5) is 19.3. The Kier molecular flexibility index (Phi) is 4.11. The van der Waals surface area contributed by atoms with Crippen molar-refractivity contribution >= 4 is 11.6 Å². The maximum Gasteiger partial charge on any atom is 0.255 e. The summed E-state index contributed by atoms with van der Waals surface area (Å²) in [6.07, 6.45) is 5.42. The van der Waals surface area contributed by atoms with E-state index in [2.05, 4.69) is 10.3 Å². The largest absolute Gasteiger partial charge is 0.496 e. The molecule has 1 unspecified atom stereocenters. The molecular formula is C19H20N4O2. The van der Waals surface area contributed by atoms with Gasteiger partial charge >= 0.3 is 0 Å². The number of pyridine rings is 1. The molecule has 128 valence electrons. The number of hydrogen-bond donors (Lipinski definition) is 1. The van der Waals surface area contributed by atoms with Gasteiger partial charge in [0.25, 0.3) is 5.91 Å². The second-order valence-electron chi connectivity index (χ2n) is 6.07. The maximum absolute atomic E-state index is 13.2. The van der Waals surface area contributed by atoms with E-state index in [1.165, 1.54) is 0 Å². The predicted octanol–water partition coefficient (Wildman–Crippen LogP) is 2.13. The first-order valence-corrected chi connectivity index (χ1v) is 8.35. The van der Waals surface area contributed by atoms with Crippen LogP contribution in [0.15, 0.2) is 55.0 Å². The number of hydrogen-bond acceptors (Lipinski definition) is 4. The molecule has 1 N–H and O–H groups in total. The number of methoxy groups -OCH3 is 1. The van der Waals surface area contributed by atoms with Crippen molar-refractivity contribution in [3.8, 4) is 5.75 Å². The van der Waals surface area contributed by atoms with Crippen LogP contribution in [0.5, 0.6) is 5.75 Å². The molecule has 1 aromatic carbocycles. The van der Waals surface area contributed by atoms with Crippen molar-refractivity contribution in [2.24, 2.45) is 0 Å². The monoisotopic (exact) mass is 336 g/mol. The minimum absolute atomic E-state index is 0.0213. The van der Waals surface area contributed by atoms with Gasteiger partial charge in [-0.05, 0) is 18.2 Å². The summed E-state index contributed by atoms with van der Waals surface area (Å²) in [5.41, 5.74) is 2.51. The Labute approximate surface area is 146 Å². The van der Waals surface area contributed by atoms with Crippen LogP contribution in [0.1, 0.15) is 22.0 Å². The van der Waals surface area contributed by atoms with Crippen LogP contribution in [0.3, 0.4) is 0 Å². The Morgan fingerprint density at radius 1 is 1.28 bits per heavy atom. The molecule has 0 radical (unpaired) electrons. The van der Waals surface area contributed by atoms with Crippen molar-refractivity contribution in [3.63, 3.8) is 0 Å². The number of nitrogens with one attached hydrogen (secondary N) is 1. The van der Waals surface area contributed by atoms with Crippen LogP contribution in [0, 0.1) is 0 Å².